The Hall–Kier alpha value is -2.69. The maximum absolute atomic E-state index is 12.4. The van der Waals surface area contributed by atoms with Crippen LogP contribution >= 0.6 is 0 Å². The van der Waals surface area contributed by atoms with Gasteiger partial charge in [-0.2, -0.15) is 0 Å². The van der Waals surface area contributed by atoms with Crippen LogP contribution in [-0.2, 0) is 17.6 Å². The van der Waals surface area contributed by atoms with Crippen molar-refractivity contribution in [3.8, 4) is 0 Å². The summed E-state index contributed by atoms with van der Waals surface area (Å²) in [5.41, 5.74) is 4.07. The third kappa shape index (κ3) is 2.83. The average molecular weight is 295 g/mol. The van der Waals surface area contributed by atoms with Gasteiger partial charge in [0.2, 0.25) is 5.91 Å². The lowest BCUT2D eigenvalue weighted by molar-refractivity contribution is -0.116. The third-order valence-electron chi connectivity index (χ3n) is 3.79. The van der Waals surface area contributed by atoms with Gasteiger partial charge in [0, 0.05) is 35.8 Å². The van der Waals surface area contributed by atoms with Crippen molar-refractivity contribution in [1.82, 2.24) is 4.98 Å². The molecule has 0 spiro atoms. The Morgan fingerprint density at radius 2 is 2.18 bits per heavy atom. The van der Waals surface area contributed by atoms with Crippen molar-refractivity contribution in [3.63, 3.8) is 0 Å². The quantitative estimate of drug-likeness (QED) is 0.914. The van der Waals surface area contributed by atoms with Crippen LogP contribution in [-0.4, -0.2) is 16.8 Å². The van der Waals surface area contributed by atoms with E-state index in [1.165, 1.54) is 0 Å². The molecular formula is C17H17N3O2. The molecule has 1 aliphatic heterocycles. The highest BCUT2D eigenvalue weighted by molar-refractivity contribution is 6.05. The second-order valence-corrected chi connectivity index (χ2v) is 5.26. The molecule has 0 bridgehead atoms. The van der Waals surface area contributed by atoms with Gasteiger partial charge in [0.1, 0.15) is 0 Å². The van der Waals surface area contributed by atoms with Gasteiger partial charge in [0.05, 0.1) is 0 Å². The minimum atomic E-state index is -0.165. The normalized spacial score (nSPS) is 13.2. The molecule has 0 radical (unpaired) electrons. The van der Waals surface area contributed by atoms with Crippen molar-refractivity contribution < 1.29 is 9.59 Å². The predicted molar refractivity (Wildman–Crippen MR) is 85.0 cm³/mol. The summed E-state index contributed by atoms with van der Waals surface area (Å²) in [6.45, 7) is 1.99. The minimum absolute atomic E-state index is 0.0124. The number of amides is 2. The maximum atomic E-state index is 12.4. The molecule has 5 nitrogen and oxygen atoms in total. The number of anilines is 2. The first-order chi connectivity index (χ1) is 10.7. The number of nitrogens with one attached hydrogen (secondary N) is 2. The summed E-state index contributed by atoms with van der Waals surface area (Å²) in [5, 5.41) is 5.72. The fourth-order valence-electron chi connectivity index (χ4n) is 2.58. The van der Waals surface area contributed by atoms with Crippen LogP contribution < -0.4 is 10.6 Å². The SMILES string of the molecule is CCc1cnccc1C(=O)Nc1ccc2c(c1)NC(=O)CC2. The lowest BCUT2D eigenvalue weighted by Gasteiger charge is -2.18. The van der Waals surface area contributed by atoms with Crippen molar-refractivity contribution in [3.05, 3.63) is 53.3 Å². The summed E-state index contributed by atoms with van der Waals surface area (Å²) in [6, 6.07) is 7.32. The number of aromatic nitrogens is 1. The van der Waals surface area contributed by atoms with Gasteiger partial charge in [-0.05, 0) is 42.2 Å². The van der Waals surface area contributed by atoms with Crippen molar-refractivity contribution in [1.29, 1.82) is 0 Å². The number of pyridine rings is 1. The van der Waals surface area contributed by atoms with E-state index < -0.39 is 0 Å². The van der Waals surface area contributed by atoms with Crippen LogP contribution in [0.1, 0.15) is 34.8 Å². The number of carbonyl (C=O) groups is 2. The monoisotopic (exact) mass is 295 g/mol. The van der Waals surface area contributed by atoms with E-state index in [2.05, 4.69) is 15.6 Å². The first kappa shape index (κ1) is 14.3. The highest BCUT2D eigenvalue weighted by Gasteiger charge is 2.16. The van der Waals surface area contributed by atoms with Gasteiger partial charge in [-0.25, -0.2) is 0 Å². The zero-order chi connectivity index (χ0) is 15.5. The summed E-state index contributed by atoms with van der Waals surface area (Å²) >= 11 is 0. The van der Waals surface area contributed by atoms with Gasteiger partial charge < -0.3 is 10.6 Å². The molecule has 112 valence electrons. The number of rotatable bonds is 3. The zero-order valence-corrected chi connectivity index (χ0v) is 12.3. The first-order valence-electron chi connectivity index (χ1n) is 7.34. The van der Waals surface area contributed by atoms with Crippen LogP contribution in [0.25, 0.3) is 0 Å². The number of nitrogens with zero attached hydrogens (tertiary/aromatic N) is 1. The number of benzene rings is 1. The number of carbonyl (C=O) groups excluding carboxylic acids is 2. The zero-order valence-electron chi connectivity index (χ0n) is 12.3. The summed E-state index contributed by atoms with van der Waals surface area (Å²) in [7, 11) is 0. The Morgan fingerprint density at radius 1 is 1.32 bits per heavy atom. The van der Waals surface area contributed by atoms with E-state index in [9.17, 15) is 9.59 Å². The van der Waals surface area contributed by atoms with E-state index in [0.29, 0.717) is 17.7 Å². The molecule has 5 heteroatoms. The predicted octanol–water partition coefficient (Wildman–Crippen LogP) is 2.78. The lowest BCUT2D eigenvalue weighted by Crippen LogP contribution is -2.20. The molecule has 2 aromatic rings. The fourth-order valence-corrected chi connectivity index (χ4v) is 2.58. The molecule has 0 unspecified atom stereocenters. The van der Waals surface area contributed by atoms with E-state index in [0.717, 1.165) is 29.7 Å². The van der Waals surface area contributed by atoms with Crippen molar-refractivity contribution in [2.75, 3.05) is 10.6 Å². The van der Waals surface area contributed by atoms with Crippen molar-refractivity contribution in [2.24, 2.45) is 0 Å². The Bertz CT molecular complexity index is 740. The minimum Gasteiger partial charge on any atom is -0.326 e. The van der Waals surface area contributed by atoms with Crippen LogP contribution in [0, 0.1) is 0 Å². The van der Waals surface area contributed by atoms with Gasteiger partial charge in [0.15, 0.2) is 0 Å². The Balaban J connectivity index is 1.82. The molecule has 2 N–H and O–H groups in total. The van der Waals surface area contributed by atoms with E-state index >= 15 is 0 Å². The molecule has 0 fully saturated rings. The largest absolute Gasteiger partial charge is 0.326 e. The van der Waals surface area contributed by atoms with Crippen LogP contribution in [0.3, 0.4) is 0 Å². The van der Waals surface area contributed by atoms with Crippen molar-refractivity contribution >= 4 is 23.2 Å². The maximum Gasteiger partial charge on any atom is 0.256 e. The van der Waals surface area contributed by atoms with Gasteiger partial charge in [-0.15, -0.1) is 0 Å². The number of aryl methyl sites for hydroxylation is 2. The summed E-state index contributed by atoms with van der Waals surface area (Å²) in [6.07, 6.45) is 5.31. The Labute approximate surface area is 128 Å². The van der Waals surface area contributed by atoms with Crippen molar-refractivity contribution in [2.45, 2.75) is 26.2 Å². The van der Waals surface area contributed by atoms with Gasteiger partial charge >= 0.3 is 0 Å². The topological polar surface area (TPSA) is 71.1 Å². The van der Waals surface area contributed by atoms with Crippen LogP contribution in [0.15, 0.2) is 36.7 Å². The number of fused-ring (bicyclic) bond motifs is 1. The van der Waals surface area contributed by atoms with Gasteiger partial charge in [-0.3, -0.25) is 14.6 Å². The second kappa shape index (κ2) is 5.97. The highest BCUT2D eigenvalue weighted by Crippen LogP contribution is 2.26. The Kier molecular flexibility index (Phi) is 3.87. The van der Waals surface area contributed by atoms with Gasteiger partial charge in [0.25, 0.3) is 5.91 Å². The Morgan fingerprint density at radius 3 is 3.00 bits per heavy atom. The van der Waals surface area contributed by atoms with Crippen LogP contribution in [0.5, 0.6) is 0 Å². The number of hydrogen-bond donors (Lipinski definition) is 2. The van der Waals surface area contributed by atoms with E-state index in [1.807, 2.05) is 19.1 Å². The molecule has 1 aromatic carbocycles. The summed E-state index contributed by atoms with van der Waals surface area (Å²) in [4.78, 5) is 27.9. The highest BCUT2D eigenvalue weighted by atomic mass is 16.2. The molecule has 3 rings (SSSR count). The average Bonchev–Trinajstić information content (AvgIpc) is 2.54. The standard InChI is InChI=1S/C17H17N3O2/c1-2-11-10-18-8-7-14(11)17(22)19-13-5-3-12-4-6-16(21)20-15(12)9-13/h3,5,7-10H,2,4,6H2,1H3,(H,19,22)(H,20,21). The van der Waals surface area contributed by atoms with Crippen LogP contribution in [0.4, 0.5) is 11.4 Å². The number of hydrogen-bond acceptors (Lipinski definition) is 3. The second-order valence-electron chi connectivity index (χ2n) is 5.26. The molecule has 2 amide bonds. The summed E-state index contributed by atoms with van der Waals surface area (Å²) in [5.74, 6) is -0.153. The molecule has 22 heavy (non-hydrogen) atoms. The molecule has 0 aliphatic carbocycles. The molecule has 0 saturated heterocycles. The molecular weight excluding hydrogens is 278 g/mol. The molecule has 2 heterocycles. The summed E-state index contributed by atoms with van der Waals surface area (Å²) < 4.78 is 0. The molecule has 0 saturated carbocycles. The molecule has 1 aliphatic rings. The lowest BCUT2D eigenvalue weighted by atomic mass is 10.0. The smallest absolute Gasteiger partial charge is 0.256 e. The van der Waals surface area contributed by atoms with E-state index in [4.69, 9.17) is 0 Å². The fraction of sp³-hybridized carbons (Fsp3) is 0.235. The first-order valence-corrected chi connectivity index (χ1v) is 7.34. The van der Waals surface area contributed by atoms with E-state index in [-0.39, 0.29) is 11.8 Å². The molecule has 0 atom stereocenters. The van der Waals surface area contributed by atoms with Crippen LogP contribution in [0.2, 0.25) is 0 Å². The van der Waals surface area contributed by atoms with E-state index in [1.54, 1.807) is 24.5 Å². The molecule has 1 aromatic heterocycles. The third-order valence-corrected chi connectivity index (χ3v) is 3.79. The van der Waals surface area contributed by atoms with Gasteiger partial charge in [-0.1, -0.05) is 13.0 Å².